The summed E-state index contributed by atoms with van der Waals surface area (Å²) in [5.41, 5.74) is 4.22. The molecular weight excluding hydrogens is 484 g/mol. The highest BCUT2D eigenvalue weighted by Crippen LogP contribution is 2.36. The second kappa shape index (κ2) is 9.19. The molecule has 6 nitrogen and oxygen atoms in total. The monoisotopic (exact) mass is 500 g/mol. The molecule has 0 spiro atoms. The molecule has 162 valence electrons. The maximum atomic E-state index is 13.6. The van der Waals surface area contributed by atoms with E-state index in [9.17, 15) is 9.59 Å². The number of thiophene rings is 2. The predicted molar refractivity (Wildman–Crippen MR) is 133 cm³/mol. The molecule has 32 heavy (non-hydrogen) atoms. The van der Waals surface area contributed by atoms with Gasteiger partial charge in [-0.15, -0.1) is 22.7 Å². The van der Waals surface area contributed by atoms with Crippen molar-refractivity contribution in [1.29, 1.82) is 0 Å². The van der Waals surface area contributed by atoms with Gasteiger partial charge in [0, 0.05) is 14.8 Å². The Labute approximate surface area is 201 Å². The summed E-state index contributed by atoms with van der Waals surface area (Å²) in [6.45, 7) is 0. The largest absolute Gasteiger partial charge is 0.272 e. The Bertz CT molecular complexity index is 1380. The van der Waals surface area contributed by atoms with Crippen LogP contribution in [0.5, 0.6) is 0 Å². The van der Waals surface area contributed by atoms with Crippen LogP contribution in [-0.2, 0) is 17.6 Å². The summed E-state index contributed by atoms with van der Waals surface area (Å²) in [5, 5.41) is 7.69. The first-order valence-electron chi connectivity index (χ1n) is 9.91. The topological polar surface area (TPSA) is 76.3 Å². The summed E-state index contributed by atoms with van der Waals surface area (Å²) in [7, 11) is 0. The van der Waals surface area contributed by atoms with Gasteiger partial charge in [0.25, 0.3) is 11.5 Å². The van der Waals surface area contributed by atoms with Gasteiger partial charge in [-0.05, 0) is 60.5 Å². The Balaban J connectivity index is 1.46. The van der Waals surface area contributed by atoms with Crippen LogP contribution in [-0.4, -0.2) is 27.4 Å². The lowest BCUT2D eigenvalue weighted by Crippen LogP contribution is -2.24. The second-order valence-electron chi connectivity index (χ2n) is 7.15. The number of halogens is 1. The third-order valence-corrected chi connectivity index (χ3v) is 8.23. The van der Waals surface area contributed by atoms with E-state index in [1.807, 2.05) is 17.5 Å². The number of hydrogen-bond donors (Lipinski definition) is 1. The first-order chi connectivity index (χ1) is 15.6. The minimum Gasteiger partial charge on any atom is -0.272 e. The van der Waals surface area contributed by atoms with Crippen LogP contribution in [0.25, 0.3) is 15.9 Å². The summed E-state index contributed by atoms with van der Waals surface area (Å²) >= 11 is 10.4. The number of aryl methyl sites for hydroxylation is 2. The molecule has 1 amide bonds. The number of rotatable bonds is 6. The molecule has 0 saturated carbocycles. The van der Waals surface area contributed by atoms with Gasteiger partial charge in [0.05, 0.1) is 23.0 Å². The molecule has 0 aliphatic heterocycles. The summed E-state index contributed by atoms with van der Waals surface area (Å²) < 4.78 is 1.58. The Morgan fingerprint density at radius 3 is 2.91 bits per heavy atom. The fourth-order valence-corrected chi connectivity index (χ4v) is 6.45. The molecule has 5 rings (SSSR count). The van der Waals surface area contributed by atoms with E-state index in [0.717, 1.165) is 34.5 Å². The Morgan fingerprint density at radius 2 is 2.12 bits per heavy atom. The van der Waals surface area contributed by atoms with Crippen molar-refractivity contribution in [2.75, 3.05) is 5.75 Å². The molecule has 1 aliphatic rings. The van der Waals surface area contributed by atoms with Crippen molar-refractivity contribution in [2.24, 2.45) is 5.10 Å². The minimum absolute atomic E-state index is 0.0818. The number of benzene rings is 1. The molecule has 1 aliphatic carbocycles. The van der Waals surface area contributed by atoms with Crippen molar-refractivity contribution < 1.29 is 4.79 Å². The fraction of sp³-hybridized carbons (Fsp3) is 0.182. The highest BCUT2D eigenvalue weighted by atomic mass is 35.5. The molecule has 1 N–H and O–H groups in total. The number of nitrogens with zero attached hydrogens (tertiary/aromatic N) is 3. The average molecular weight is 501 g/mol. The SMILES string of the molecule is O=C(CSc1nc2sc3c(c2c(=O)n1-c1ccc(Cl)cc1)CCC3)NN=Cc1cccs1. The van der Waals surface area contributed by atoms with Crippen LogP contribution >= 0.6 is 46.0 Å². The number of nitrogens with one attached hydrogen (secondary N) is 1. The smallest absolute Gasteiger partial charge is 0.267 e. The van der Waals surface area contributed by atoms with E-state index in [-0.39, 0.29) is 17.2 Å². The van der Waals surface area contributed by atoms with E-state index in [0.29, 0.717) is 21.3 Å². The van der Waals surface area contributed by atoms with Crippen LogP contribution in [0.15, 0.2) is 56.8 Å². The van der Waals surface area contributed by atoms with Gasteiger partial charge < -0.3 is 0 Å². The van der Waals surface area contributed by atoms with Crippen LogP contribution in [0, 0.1) is 0 Å². The summed E-state index contributed by atoms with van der Waals surface area (Å²) in [4.78, 5) is 33.6. The average Bonchev–Trinajstić information content (AvgIpc) is 3.51. The lowest BCUT2D eigenvalue weighted by atomic mass is 10.2. The van der Waals surface area contributed by atoms with Crippen molar-refractivity contribution in [3.8, 4) is 5.69 Å². The molecule has 3 aromatic heterocycles. The molecule has 0 atom stereocenters. The first kappa shape index (κ1) is 21.4. The van der Waals surface area contributed by atoms with E-state index in [1.54, 1.807) is 46.4 Å². The number of fused-ring (bicyclic) bond motifs is 3. The minimum atomic E-state index is -0.270. The Hall–Kier alpha value is -2.46. The molecule has 0 saturated heterocycles. The standard InChI is InChI=1S/C22H17ClN4O2S3/c23-13-6-8-14(9-7-13)27-21(29)19-16-4-1-5-17(16)32-20(19)25-22(27)31-12-18(28)26-24-11-15-3-2-10-30-15/h2-3,6-11H,1,4-5,12H2,(H,26,28). The van der Waals surface area contributed by atoms with E-state index in [4.69, 9.17) is 16.6 Å². The predicted octanol–water partition coefficient (Wildman–Crippen LogP) is 4.89. The molecule has 1 aromatic carbocycles. The summed E-state index contributed by atoms with van der Waals surface area (Å²) in [6.07, 6.45) is 4.57. The third-order valence-electron chi connectivity index (χ3n) is 5.05. The quantitative estimate of drug-likeness (QED) is 0.177. The molecule has 0 unspecified atom stereocenters. The van der Waals surface area contributed by atoms with Crippen LogP contribution < -0.4 is 11.0 Å². The highest BCUT2D eigenvalue weighted by Gasteiger charge is 2.24. The first-order valence-corrected chi connectivity index (χ1v) is 13.0. The van der Waals surface area contributed by atoms with Crippen LogP contribution in [0.1, 0.15) is 21.7 Å². The van der Waals surface area contributed by atoms with Crippen molar-refractivity contribution in [1.82, 2.24) is 15.0 Å². The molecule has 0 fully saturated rings. The van der Waals surface area contributed by atoms with Gasteiger partial charge >= 0.3 is 0 Å². The van der Waals surface area contributed by atoms with Crippen molar-refractivity contribution in [3.05, 3.63) is 72.5 Å². The van der Waals surface area contributed by atoms with Gasteiger partial charge in [-0.3, -0.25) is 14.2 Å². The normalized spacial score (nSPS) is 13.2. The van der Waals surface area contributed by atoms with Gasteiger partial charge in [-0.2, -0.15) is 5.10 Å². The van der Waals surface area contributed by atoms with Gasteiger partial charge in [0.1, 0.15) is 4.83 Å². The van der Waals surface area contributed by atoms with Crippen LogP contribution in [0.3, 0.4) is 0 Å². The number of carbonyl (C=O) groups is 1. The molecule has 3 heterocycles. The fourth-order valence-electron chi connectivity index (χ4n) is 3.63. The number of aromatic nitrogens is 2. The maximum Gasteiger partial charge on any atom is 0.267 e. The maximum absolute atomic E-state index is 13.6. The van der Waals surface area contributed by atoms with Crippen LogP contribution in [0.4, 0.5) is 0 Å². The second-order valence-corrected chi connectivity index (χ2v) is 10.6. The molecular formula is C22H17ClN4O2S3. The molecule has 10 heteroatoms. The Kier molecular flexibility index (Phi) is 6.14. The lowest BCUT2D eigenvalue weighted by Gasteiger charge is -2.12. The summed E-state index contributed by atoms with van der Waals surface area (Å²) in [5.74, 6) is -0.188. The lowest BCUT2D eigenvalue weighted by molar-refractivity contribution is -0.118. The molecule has 0 radical (unpaired) electrons. The number of carbonyl (C=O) groups excluding carboxylic acids is 1. The van der Waals surface area contributed by atoms with E-state index in [1.165, 1.54) is 28.0 Å². The van der Waals surface area contributed by atoms with Crippen LogP contribution in [0.2, 0.25) is 5.02 Å². The molecule has 4 aromatic rings. The number of thioether (sulfide) groups is 1. The van der Waals surface area contributed by atoms with Crippen molar-refractivity contribution in [3.63, 3.8) is 0 Å². The zero-order valence-electron chi connectivity index (χ0n) is 16.7. The Morgan fingerprint density at radius 1 is 1.28 bits per heavy atom. The van der Waals surface area contributed by atoms with E-state index >= 15 is 0 Å². The summed E-state index contributed by atoms with van der Waals surface area (Å²) in [6, 6.07) is 10.9. The van der Waals surface area contributed by atoms with Gasteiger partial charge in [-0.1, -0.05) is 29.4 Å². The van der Waals surface area contributed by atoms with Crippen molar-refractivity contribution >= 4 is 68.4 Å². The van der Waals surface area contributed by atoms with E-state index in [2.05, 4.69) is 10.5 Å². The van der Waals surface area contributed by atoms with Gasteiger partial charge in [0.2, 0.25) is 0 Å². The number of hydrogen-bond acceptors (Lipinski definition) is 7. The highest BCUT2D eigenvalue weighted by molar-refractivity contribution is 7.99. The van der Waals surface area contributed by atoms with Gasteiger partial charge in [-0.25, -0.2) is 10.4 Å². The van der Waals surface area contributed by atoms with E-state index < -0.39 is 0 Å². The molecule has 0 bridgehead atoms. The number of hydrazone groups is 1. The van der Waals surface area contributed by atoms with Gasteiger partial charge in [0.15, 0.2) is 5.16 Å². The number of amides is 1. The third kappa shape index (κ3) is 4.25. The zero-order chi connectivity index (χ0) is 22.1. The van der Waals surface area contributed by atoms with Crippen molar-refractivity contribution in [2.45, 2.75) is 24.4 Å². The zero-order valence-corrected chi connectivity index (χ0v) is 19.9.